The Morgan fingerprint density at radius 2 is 1.82 bits per heavy atom. The third-order valence-corrected chi connectivity index (χ3v) is 4.80. The van der Waals surface area contributed by atoms with Crippen LogP contribution in [0.25, 0.3) is 6.08 Å². The number of carbonyl (C=O) groups is 2. The standard InChI is InChI=1S/C23H15BrO4/c1-14-10-18(27-23(26)16-7-3-2-4-8-16)13-19-21(14)22(25)20(28-19)12-15-6-5-9-17(24)11-15/h2-13H,1H3/b20-12-. The lowest BCUT2D eigenvalue weighted by Crippen LogP contribution is -2.08. The summed E-state index contributed by atoms with van der Waals surface area (Å²) in [5.74, 6) is 0.314. The molecule has 0 saturated heterocycles. The molecule has 0 unspecified atom stereocenters. The van der Waals surface area contributed by atoms with E-state index in [0.717, 1.165) is 10.0 Å². The SMILES string of the molecule is Cc1cc(OC(=O)c2ccccc2)cc2c1C(=O)/C(=C/c1cccc(Br)c1)O2. The number of hydrogen-bond donors (Lipinski definition) is 0. The molecule has 0 fully saturated rings. The van der Waals surface area contributed by atoms with Crippen molar-refractivity contribution in [2.45, 2.75) is 6.92 Å². The average Bonchev–Trinajstić information content (AvgIpc) is 2.98. The Morgan fingerprint density at radius 3 is 2.57 bits per heavy atom. The van der Waals surface area contributed by atoms with Crippen molar-refractivity contribution in [1.29, 1.82) is 0 Å². The number of benzene rings is 3. The molecule has 1 aliphatic rings. The molecule has 4 nitrogen and oxygen atoms in total. The summed E-state index contributed by atoms with van der Waals surface area (Å²) in [7, 11) is 0. The van der Waals surface area contributed by atoms with Gasteiger partial charge in [-0.3, -0.25) is 4.79 Å². The molecule has 0 spiro atoms. The lowest BCUT2D eigenvalue weighted by Gasteiger charge is -2.07. The summed E-state index contributed by atoms with van der Waals surface area (Å²) in [5.41, 5.74) is 2.48. The molecule has 0 atom stereocenters. The van der Waals surface area contributed by atoms with Crippen molar-refractivity contribution >= 4 is 33.8 Å². The largest absolute Gasteiger partial charge is 0.452 e. The fraction of sp³-hybridized carbons (Fsp3) is 0.0435. The number of aryl methyl sites for hydroxylation is 1. The molecule has 1 aliphatic heterocycles. The molecule has 3 aromatic rings. The summed E-state index contributed by atoms with van der Waals surface area (Å²) in [6, 6.07) is 19.5. The molecule has 0 aromatic heterocycles. The number of carbonyl (C=O) groups excluding carboxylic acids is 2. The van der Waals surface area contributed by atoms with E-state index in [1.54, 1.807) is 49.4 Å². The highest BCUT2D eigenvalue weighted by atomic mass is 79.9. The second-order valence-electron chi connectivity index (χ2n) is 6.36. The molecule has 4 rings (SSSR count). The predicted molar refractivity (Wildman–Crippen MR) is 110 cm³/mol. The molecule has 0 N–H and O–H groups in total. The normalized spacial score (nSPS) is 13.9. The smallest absolute Gasteiger partial charge is 0.343 e. The van der Waals surface area contributed by atoms with E-state index in [2.05, 4.69) is 15.9 Å². The second-order valence-corrected chi connectivity index (χ2v) is 7.28. The molecular weight excluding hydrogens is 420 g/mol. The zero-order valence-corrected chi connectivity index (χ0v) is 16.5. The number of hydrogen-bond acceptors (Lipinski definition) is 4. The Hall–Kier alpha value is -3.18. The first-order valence-electron chi connectivity index (χ1n) is 8.63. The second kappa shape index (κ2) is 7.44. The van der Waals surface area contributed by atoms with Crippen molar-refractivity contribution in [3.05, 3.63) is 99.2 Å². The highest BCUT2D eigenvalue weighted by molar-refractivity contribution is 9.10. The summed E-state index contributed by atoms with van der Waals surface area (Å²) in [6.45, 7) is 1.79. The molecule has 0 radical (unpaired) electrons. The van der Waals surface area contributed by atoms with E-state index in [4.69, 9.17) is 9.47 Å². The van der Waals surface area contributed by atoms with E-state index in [1.165, 1.54) is 0 Å². The van der Waals surface area contributed by atoms with Gasteiger partial charge in [0.2, 0.25) is 5.78 Å². The Bertz CT molecular complexity index is 1120. The minimum atomic E-state index is -0.464. The van der Waals surface area contributed by atoms with Gasteiger partial charge in [0.15, 0.2) is 5.76 Å². The summed E-state index contributed by atoms with van der Waals surface area (Å²) in [5, 5.41) is 0. The summed E-state index contributed by atoms with van der Waals surface area (Å²) in [6.07, 6.45) is 1.70. The van der Waals surface area contributed by atoms with Crippen molar-refractivity contribution in [3.63, 3.8) is 0 Å². The monoisotopic (exact) mass is 434 g/mol. The minimum Gasteiger partial charge on any atom is -0.452 e. The average molecular weight is 435 g/mol. The van der Waals surface area contributed by atoms with Crippen LogP contribution >= 0.6 is 15.9 Å². The first kappa shape index (κ1) is 18.2. The quantitative estimate of drug-likeness (QED) is 0.306. The number of fused-ring (bicyclic) bond motifs is 1. The lowest BCUT2D eigenvalue weighted by atomic mass is 10.0. The van der Waals surface area contributed by atoms with E-state index in [-0.39, 0.29) is 11.5 Å². The third kappa shape index (κ3) is 3.62. The first-order chi connectivity index (χ1) is 13.5. The van der Waals surface area contributed by atoms with Gasteiger partial charge in [-0.15, -0.1) is 0 Å². The Balaban J connectivity index is 1.62. The van der Waals surface area contributed by atoms with Crippen LogP contribution in [-0.4, -0.2) is 11.8 Å². The Labute approximate surface area is 170 Å². The van der Waals surface area contributed by atoms with Gasteiger partial charge in [-0.2, -0.15) is 0 Å². The summed E-state index contributed by atoms with van der Waals surface area (Å²) < 4.78 is 12.1. The van der Waals surface area contributed by atoms with Crippen LogP contribution < -0.4 is 9.47 Å². The van der Waals surface area contributed by atoms with Crippen molar-refractivity contribution in [3.8, 4) is 11.5 Å². The molecule has 0 saturated carbocycles. The van der Waals surface area contributed by atoms with Crippen LogP contribution in [-0.2, 0) is 0 Å². The zero-order chi connectivity index (χ0) is 19.7. The van der Waals surface area contributed by atoms with Crippen molar-refractivity contribution in [2.24, 2.45) is 0 Å². The highest BCUT2D eigenvalue weighted by Crippen LogP contribution is 2.37. The van der Waals surface area contributed by atoms with Gasteiger partial charge in [0, 0.05) is 10.5 Å². The minimum absolute atomic E-state index is 0.187. The highest BCUT2D eigenvalue weighted by Gasteiger charge is 2.30. The van der Waals surface area contributed by atoms with Crippen LogP contribution in [0.3, 0.4) is 0 Å². The van der Waals surface area contributed by atoms with E-state index >= 15 is 0 Å². The van der Waals surface area contributed by atoms with Crippen molar-refractivity contribution in [1.82, 2.24) is 0 Å². The van der Waals surface area contributed by atoms with E-state index in [0.29, 0.717) is 28.2 Å². The maximum absolute atomic E-state index is 12.7. The topological polar surface area (TPSA) is 52.6 Å². The van der Waals surface area contributed by atoms with Gasteiger partial charge >= 0.3 is 5.97 Å². The van der Waals surface area contributed by atoms with Gasteiger partial charge in [-0.25, -0.2) is 4.79 Å². The Kier molecular flexibility index (Phi) is 4.84. The van der Waals surface area contributed by atoms with Gasteiger partial charge in [0.1, 0.15) is 11.5 Å². The van der Waals surface area contributed by atoms with Gasteiger partial charge in [-0.05, 0) is 54.5 Å². The number of allylic oxidation sites excluding steroid dienone is 1. The van der Waals surface area contributed by atoms with Crippen LogP contribution in [0.2, 0.25) is 0 Å². The van der Waals surface area contributed by atoms with Crippen LogP contribution in [0.4, 0.5) is 0 Å². The molecule has 0 aliphatic carbocycles. The number of Topliss-reactive ketones (excluding diaryl/α,β-unsaturated/α-hetero) is 1. The fourth-order valence-corrected chi connectivity index (χ4v) is 3.44. The maximum atomic E-state index is 12.7. The molecule has 0 amide bonds. The van der Waals surface area contributed by atoms with Crippen molar-refractivity contribution in [2.75, 3.05) is 0 Å². The van der Waals surface area contributed by atoms with Gasteiger partial charge < -0.3 is 9.47 Å². The molecule has 28 heavy (non-hydrogen) atoms. The van der Waals surface area contributed by atoms with Gasteiger partial charge in [0.25, 0.3) is 0 Å². The zero-order valence-electron chi connectivity index (χ0n) is 14.9. The number of esters is 1. The molecule has 1 heterocycles. The van der Waals surface area contributed by atoms with Gasteiger partial charge in [-0.1, -0.05) is 46.3 Å². The van der Waals surface area contributed by atoms with E-state index in [1.807, 2.05) is 30.3 Å². The predicted octanol–water partition coefficient (Wildman–Crippen LogP) is 5.59. The number of ketones is 1. The van der Waals surface area contributed by atoms with E-state index in [9.17, 15) is 9.59 Å². The van der Waals surface area contributed by atoms with Gasteiger partial charge in [0.05, 0.1) is 11.1 Å². The summed E-state index contributed by atoms with van der Waals surface area (Å²) in [4.78, 5) is 25.0. The maximum Gasteiger partial charge on any atom is 0.343 e. The lowest BCUT2D eigenvalue weighted by molar-refractivity contribution is 0.0734. The molecule has 138 valence electrons. The van der Waals surface area contributed by atoms with Crippen LogP contribution in [0.5, 0.6) is 11.5 Å². The number of halogens is 1. The van der Waals surface area contributed by atoms with Crippen LogP contribution in [0.1, 0.15) is 31.8 Å². The van der Waals surface area contributed by atoms with Crippen molar-refractivity contribution < 1.29 is 19.1 Å². The molecule has 3 aromatic carbocycles. The van der Waals surface area contributed by atoms with Crippen LogP contribution in [0.15, 0.2) is 77.0 Å². The fourth-order valence-electron chi connectivity index (χ4n) is 3.02. The third-order valence-electron chi connectivity index (χ3n) is 4.31. The number of rotatable bonds is 3. The molecule has 0 bridgehead atoms. The molecular formula is C23H15BrO4. The van der Waals surface area contributed by atoms with Crippen LogP contribution in [0, 0.1) is 6.92 Å². The van der Waals surface area contributed by atoms with E-state index < -0.39 is 5.97 Å². The summed E-state index contributed by atoms with van der Waals surface area (Å²) >= 11 is 3.41. The number of ether oxygens (including phenoxy) is 2. The Morgan fingerprint density at radius 1 is 1.04 bits per heavy atom. The molecule has 5 heteroatoms. The first-order valence-corrected chi connectivity index (χ1v) is 9.42.